The van der Waals surface area contributed by atoms with Crippen molar-refractivity contribution in [2.75, 3.05) is 0 Å². The van der Waals surface area contributed by atoms with Gasteiger partial charge in [-0.2, -0.15) is 5.10 Å². The lowest BCUT2D eigenvalue weighted by molar-refractivity contribution is 0.475. The van der Waals surface area contributed by atoms with E-state index in [1.165, 1.54) is 11.3 Å². The molecule has 0 bridgehead atoms. The van der Waals surface area contributed by atoms with Crippen LogP contribution in [0.3, 0.4) is 0 Å². The topological polar surface area (TPSA) is 49.9 Å². The number of phenols is 1. The molecule has 1 aromatic heterocycles. The quantitative estimate of drug-likeness (QED) is 0.585. The largest absolute Gasteiger partial charge is 0.508 e. The number of aromatic nitrogens is 1. The van der Waals surface area contributed by atoms with Crippen LogP contribution >= 0.6 is 11.3 Å². The number of thiazole rings is 1. The molecule has 0 aliphatic carbocycles. The monoisotopic (exact) mass is 309 g/mol. The minimum atomic E-state index is 0.254. The molecular formula is C17H15N3OS. The molecular weight excluding hydrogens is 294 g/mol. The SMILES string of the molecule is Cn1c(-c2cccc(O)c2)cs/c1=N\N=C\c1ccccc1. The molecule has 110 valence electrons. The molecule has 1 N–H and O–H groups in total. The zero-order valence-electron chi connectivity index (χ0n) is 12.0. The minimum Gasteiger partial charge on any atom is -0.508 e. The molecule has 0 atom stereocenters. The minimum absolute atomic E-state index is 0.254. The lowest BCUT2D eigenvalue weighted by atomic mass is 10.1. The lowest BCUT2D eigenvalue weighted by Crippen LogP contribution is -2.10. The molecule has 0 aliphatic heterocycles. The van der Waals surface area contributed by atoms with Crippen LogP contribution in [-0.4, -0.2) is 15.9 Å². The first-order chi connectivity index (χ1) is 10.7. The first-order valence-corrected chi connectivity index (χ1v) is 7.68. The lowest BCUT2D eigenvalue weighted by Gasteiger charge is -2.02. The van der Waals surface area contributed by atoms with E-state index >= 15 is 0 Å². The van der Waals surface area contributed by atoms with E-state index in [1.807, 2.05) is 59.5 Å². The summed E-state index contributed by atoms with van der Waals surface area (Å²) in [6.45, 7) is 0. The van der Waals surface area contributed by atoms with Crippen molar-refractivity contribution in [3.05, 3.63) is 70.3 Å². The zero-order valence-corrected chi connectivity index (χ0v) is 12.9. The summed E-state index contributed by atoms with van der Waals surface area (Å²) in [5.74, 6) is 0.254. The van der Waals surface area contributed by atoms with E-state index < -0.39 is 0 Å². The summed E-state index contributed by atoms with van der Waals surface area (Å²) in [6.07, 6.45) is 1.73. The first kappa shape index (κ1) is 14.3. The highest BCUT2D eigenvalue weighted by molar-refractivity contribution is 7.07. The number of phenolic OH excluding ortho intramolecular Hbond substituents is 1. The molecule has 0 aliphatic rings. The Bertz CT molecular complexity index is 863. The van der Waals surface area contributed by atoms with Crippen LogP contribution in [0.25, 0.3) is 11.3 Å². The molecule has 0 saturated heterocycles. The van der Waals surface area contributed by atoms with Gasteiger partial charge in [0.25, 0.3) is 0 Å². The van der Waals surface area contributed by atoms with Crippen molar-refractivity contribution in [3.63, 3.8) is 0 Å². The predicted molar refractivity (Wildman–Crippen MR) is 90.0 cm³/mol. The van der Waals surface area contributed by atoms with Crippen molar-refractivity contribution in [1.82, 2.24) is 4.57 Å². The number of nitrogens with zero attached hydrogens (tertiary/aromatic N) is 3. The molecule has 0 spiro atoms. The van der Waals surface area contributed by atoms with E-state index in [0.29, 0.717) is 0 Å². The van der Waals surface area contributed by atoms with Gasteiger partial charge in [-0.3, -0.25) is 0 Å². The summed E-state index contributed by atoms with van der Waals surface area (Å²) in [5.41, 5.74) is 2.96. The number of hydrogen-bond donors (Lipinski definition) is 1. The Balaban J connectivity index is 1.90. The van der Waals surface area contributed by atoms with Crippen molar-refractivity contribution in [2.24, 2.45) is 17.3 Å². The van der Waals surface area contributed by atoms with Crippen LogP contribution in [-0.2, 0) is 7.05 Å². The van der Waals surface area contributed by atoms with Gasteiger partial charge in [-0.05, 0) is 17.7 Å². The zero-order chi connectivity index (χ0) is 15.4. The Morgan fingerprint density at radius 1 is 1.09 bits per heavy atom. The fourth-order valence-electron chi connectivity index (χ4n) is 2.07. The summed E-state index contributed by atoms with van der Waals surface area (Å²) < 4.78 is 1.96. The van der Waals surface area contributed by atoms with Gasteiger partial charge in [0.05, 0.1) is 11.9 Å². The molecule has 3 rings (SSSR count). The standard InChI is InChI=1S/C17H15N3OS/c1-20-16(14-8-5-9-15(21)10-14)12-22-17(20)19-18-11-13-6-3-2-4-7-13/h2-12,21H,1H3/b18-11+,19-17-. The molecule has 5 heteroatoms. The van der Waals surface area contributed by atoms with Gasteiger partial charge in [-0.1, -0.05) is 42.5 Å². The van der Waals surface area contributed by atoms with E-state index in [9.17, 15) is 5.11 Å². The second-order valence-electron chi connectivity index (χ2n) is 4.77. The number of benzene rings is 2. The van der Waals surface area contributed by atoms with Gasteiger partial charge in [0, 0.05) is 18.0 Å². The number of rotatable bonds is 3. The van der Waals surface area contributed by atoms with Gasteiger partial charge in [-0.15, -0.1) is 16.4 Å². The highest BCUT2D eigenvalue weighted by Gasteiger charge is 2.04. The van der Waals surface area contributed by atoms with Crippen molar-refractivity contribution in [3.8, 4) is 17.0 Å². The van der Waals surface area contributed by atoms with Crippen LogP contribution in [0, 0.1) is 0 Å². The molecule has 0 radical (unpaired) electrons. The Labute approximate surface area is 132 Å². The maximum Gasteiger partial charge on any atom is 0.210 e. The maximum absolute atomic E-state index is 9.59. The normalized spacial score (nSPS) is 12.1. The Morgan fingerprint density at radius 3 is 2.68 bits per heavy atom. The summed E-state index contributed by atoms with van der Waals surface area (Å²) in [7, 11) is 1.94. The third kappa shape index (κ3) is 3.15. The van der Waals surface area contributed by atoms with Crippen molar-refractivity contribution >= 4 is 17.6 Å². The maximum atomic E-state index is 9.59. The van der Waals surface area contributed by atoms with Crippen LogP contribution < -0.4 is 4.80 Å². The Hall–Kier alpha value is -2.66. The smallest absolute Gasteiger partial charge is 0.210 e. The van der Waals surface area contributed by atoms with E-state index in [0.717, 1.165) is 21.6 Å². The highest BCUT2D eigenvalue weighted by atomic mass is 32.1. The third-order valence-corrected chi connectivity index (χ3v) is 4.12. The molecule has 0 amide bonds. The van der Waals surface area contributed by atoms with E-state index in [1.54, 1.807) is 18.3 Å². The van der Waals surface area contributed by atoms with Gasteiger partial charge in [0.15, 0.2) is 0 Å². The van der Waals surface area contributed by atoms with Crippen LogP contribution in [0.4, 0.5) is 0 Å². The number of aromatic hydroxyl groups is 1. The summed E-state index contributed by atoms with van der Waals surface area (Å²) in [4.78, 5) is 0.797. The van der Waals surface area contributed by atoms with E-state index in [2.05, 4.69) is 10.2 Å². The fraction of sp³-hybridized carbons (Fsp3) is 0.0588. The van der Waals surface area contributed by atoms with Crippen LogP contribution in [0.5, 0.6) is 5.75 Å². The average molecular weight is 309 g/mol. The van der Waals surface area contributed by atoms with E-state index in [4.69, 9.17) is 0 Å². The second-order valence-corrected chi connectivity index (χ2v) is 5.60. The van der Waals surface area contributed by atoms with Crippen molar-refractivity contribution in [2.45, 2.75) is 0 Å². The number of hydrogen-bond acceptors (Lipinski definition) is 4. The first-order valence-electron chi connectivity index (χ1n) is 6.80. The molecule has 0 unspecified atom stereocenters. The average Bonchev–Trinajstić information content (AvgIpc) is 2.90. The fourth-order valence-corrected chi connectivity index (χ4v) is 2.93. The summed E-state index contributed by atoms with van der Waals surface area (Å²) in [6, 6.07) is 17.0. The Morgan fingerprint density at radius 2 is 1.91 bits per heavy atom. The van der Waals surface area contributed by atoms with Crippen LogP contribution in [0.2, 0.25) is 0 Å². The van der Waals surface area contributed by atoms with Gasteiger partial charge >= 0.3 is 0 Å². The van der Waals surface area contributed by atoms with Crippen LogP contribution in [0.1, 0.15) is 5.56 Å². The molecule has 1 heterocycles. The summed E-state index contributed by atoms with van der Waals surface area (Å²) in [5, 5.41) is 20.0. The predicted octanol–water partition coefficient (Wildman–Crippen LogP) is 3.39. The van der Waals surface area contributed by atoms with Gasteiger partial charge in [0.2, 0.25) is 4.80 Å². The molecule has 2 aromatic carbocycles. The molecule has 22 heavy (non-hydrogen) atoms. The highest BCUT2D eigenvalue weighted by Crippen LogP contribution is 2.22. The second kappa shape index (κ2) is 6.41. The molecule has 4 nitrogen and oxygen atoms in total. The van der Waals surface area contributed by atoms with Crippen molar-refractivity contribution < 1.29 is 5.11 Å². The van der Waals surface area contributed by atoms with Crippen molar-refractivity contribution in [1.29, 1.82) is 0 Å². The van der Waals surface area contributed by atoms with Gasteiger partial charge < -0.3 is 9.67 Å². The van der Waals surface area contributed by atoms with E-state index in [-0.39, 0.29) is 5.75 Å². The van der Waals surface area contributed by atoms with Gasteiger partial charge in [0.1, 0.15) is 5.75 Å². The summed E-state index contributed by atoms with van der Waals surface area (Å²) >= 11 is 1.51. The Kier molecular flexibility index (Phi) is 4.16. The molecule has 0 fully saturated rings. The third-order valence-electron chi connectivity index (χ3n) is 3.22. The van der Waals surface area contributed by atoms with Gasteiger partial charge in [-0.25, -0.2) is 0 Å². The molecule has 3 aromatic rings. The molecule has 0 saturated carbocycles. The van der Waals surface area contributed by atoms with Crippen LogP contribution in [0.15, 0.2) is 70.2 Å².